The van der Waals surface area contributed by atoms with Gasteiger partial charge in [-0.1, -0.05) is 30.3 Å². The quantitative estimate of drug-likeness (QED) is 0.839. The second kappa shape index (κ2) is 7.82. The van der Waals surface area contributed by atoms with Crippen LogP contribution < -0.4 is 5.73 Å². The topological polar surface area (TPSA) is 83.7 Å². The molecule has 2 saturated heterocycles. The number of nitrogens with two attached hydrogens (primary N) is 1. The van der Waals surface area contributed by atoms with E-state index in [2.05, 4.69) is 12.1 Å². The van der Waals surface area contributed by atoms with Crippen molar-refractivity contribution < 1.29 is 13.2 Å². The molecule has 2 aliphatic rings. The van der Waals surface area contributed by atoms with E-state index in [4.69, 9.17) is 5.73 Å². The molecule has 134 valence electrons. The van der Waals surface area contributed by atoms with Gasteiger partial charge in [-0.3, -0.25) is 4.79 Å². The van der Waals surface area contributed by atoms with Crippen molar-refractivity contribution in [1.29, 1.82) is 0 Å². The largest absolute Gasteiger partial charge is 0.341 e. The van der Waals surface area contributed by atoms with Gasteiger partial charge in [0.2, 0.25) is 15.9 Å². The number of hydrogen-bond acceptors (Lipinski definition) is 4. The number of carbonyl (C=O) groups excluding carboxylic acids is 1. The third kappa shape index (κ3) is 3.91. The maximum absolute atomic E-state index is 12.5. The Bertz CT molecular complexity index is 668. The molecule has 8 heteroatoms. The van der Waals surface area contributed by atoms with Gasteiger partial charge in [0.05, 0.1) is 12.3 Å². The first kappa shape index (κ1) is 19.2. The van der Waals surface area contributed by atoms with E-state index in [9.17, 15) is 13.2 Å². The lowest BCUT2D eigenvalue weighted by Gasteiger charge is -2.20. The maximum atomic E-state index is 12.5. The summed E-state index contributed by atoms with van der Waals surface area (Å²) in [5, 5.41) is 0. The molecule has 24 heavy (non-hydrogen) atoms. The molecular formula is C16H24ClN3O3S. The minimum absolute atomic E-state index is 0. The van der Waals surface area contributed by atoms with Crippen LogP contribution in [0, 0.1) is 5.92 Å². The van der Waals surface area contributed by atoms with Crippen LogP contribution in [-0.4, -0.2) is 62.0 Å². The van der Waals surface area contributed by atoms with Crippen LogP contribution in [0.25, 0.3) is 0 Å². The Balaban J connectivity index is 0.00000208. The van der Waals surface area contributed by atoms with Crippen LogP contribution in [0.4, 0.5) is 0 Å². The number of nitrogens with zero attached hydrogens (tertiary/aromatic N) is 2. The van der Waals surface area contributed by atoms with E-state index in [0.717, 1.165) is 0 Å². The zero-order chi connectivity index (χ0) is 16.4. The third-order valence-electron chi connectivity index (χ3n) is 4.84. The van der Waals surface area contributed by atoms with Crippen LogP contribution in [-0.2, 0) is 14.8 Å². The smallest absolute Gasteiger partial charge is 0.237 e. The standard InChI is InChI=1S/C16H23N3O3S.ClH/c17-9-14-10-18(11-15(14)13-5-2-1-3-6-13)16(20)12-19-7-4-8-23(19,21)22;/h1-3,5-6,14-15H,4,7-12,17H2;1H/t14-,15+;/m1./s1. The van der Waals surface area contributed by atoms with E-state index in [1.165, 1.54) is 9.87 Å². The monoisotopic (exact) mass is 373 g/mol. The molecule has 2 fully saturated rings. The fourth-order valence-electron chi connectivity index (χ4n) is 3.51. The summed E-state index contributed by atoms with van der Waals surface area (Å²) in [4.78, 5) is 14.3. The zero-order valence-electron chi connectivity index (χ0n) is 13.5. The van der Waals surface area contributed by atoms with Gasteiger partial charge in [-0.2, -0.15) is 4.31 Å². The highest BCUT2D eigenvalue weighted by atomic mass is 35.5. The number of carbonyl (C=O) groups is 1. The van der Waals surface area contributed by atoms with Crippen LogP contribution in [0.1, 0.15) is 17.9 Å². The van der Waals surface area contributed by atoms with E-state index in [1.54, 1.807) is 4.90 Å². The number of likely N-dealkylation sites (tertiary alicyclic amines) is 1. The first-order chi connectivity index (χ1) is 11.0. The summed E-state index contributed by atoms with van der Waals surface area (Å²) in [5.41, 5.74) is 7.07. The highest BCUT2D eigenvalue weighted by Gasteiger charge is 2.37. The van der Waals surface area contributed by atoms with Gasteiger partial charge in [-0.05, 0) is 24.4 Å². The van der Waals surface area contributed by atoms with Crippen molar-refractivity contribution in [1.82, 2.24) is 9.21 Å². The van der Waals surface area contributed by atoms with Crippen LogP contribution in [0.5, 0.6) is 0 Å². The first-order valence-corrected chi connectivity index (χ1v) is 9.63. The average Bonchev–Trinajstić information content (AvgIpc) is 3.12. The number of benzene rings is 1. The van der Waals surface area contributed by atoms with Crippen molar-refractivity contribution in [3.63, 3.8) is 0 Å². The number of amides is 1. The molecule has 2 N–H and O–H groups in total. The molecule has 1 aromatic carbocycles. The number of halogens is 1. The van der Waals surface area contributed by atoms with E-state index in [1.807, 2.05) is 18.2 Å². The van der Waals surface area contributed by atoms with Crippen molar-refractivity contribution in [2.75, 3.05) is 38.5 Å². The second-order valence-corrected chi connectivity index (χ2v) is 8.40. The van der Waals surface area contributed by atoms with Crippen LogP contribution in [0.15, 0.2) is 30.3 Å². The van der Waals surface area contributed by atoms with Gasteiger partial charge in [0.1, 0.15) is 0 Å². The van der Waals surface area contributed by atoms with Gasteiger partial charge in [0.15, 0.2) is 0 Å². The number of hydrogen-bond donors (Lipinski definition) is 1. The first-order valence-electron chi connectivity index (χ1n) is 8.02. The third-order valence-corrected chi connectivity index (χ3v) is 6.74. The minimum atomic E-state index is -3.24. The van der Waals surface area contributed by atoms with Gasteiger partial charge in [-0.25, -0.2) is 8.42 Å². The van der Waals surface area contributed by atoms with Gasteiger partial charge >= 0.3 is 0 Å². The highest BCUT2D eigenvalue weighted by Crippen LogP contribution is 2.32. The lowest BCUT2D eigenvalue weighted by molar-refractivity contribution is -0.130. The lowest BCUT2D eigenvalue weighted by Crippen LogP contribution is -2.40. The maximum Gasteiger partial charge on any atom is 0.237 e. The average molecular weight is 374 g/mol. The molecule has 3 rings (SSSR count). The van der Waals surface area contributed by atoms with Crippen molar-refractivity contribution in [2.45, 2.75) is 12.3 Å². The van der Waals surface area contributed by atoms with Crippen LogP contribution in [0.3, 0.4) is 0 Å². The van der Waals surface area contributed by atoms with E-state index in [0.29, 0.717) is 32.6 Å². The molecule has 6 nitrogen and oxygen atoms in total. The Morgan fingerprint density at radius 1 is 1.21 bits per heavy atom. The fraction of sp³-hybridized carbons (Fsp3) is 0.562. The lowest BCUT2D eigenvalue weighted by atomic mass is 9.89. The molecule has 2 atom stereocenters. The Hall–Kier alpha value is -1.15. The number of rotatable bonds is 4. The molecular weight excluding hydrogens is 350 g/mol. The van der Waals surface area contributed by atoms with Crippen LogP contribution in [0.2, 0.25) is 0 Å². The Labute approximate surface area is 149 Å². The molecule has 0 unspecified atom stereocenters. The highest BCUT2D eigenvalue weighted by molar-refractivity contribution is 7.89. The number of sulfonamides is 1. The summed E-state index contributed by atoms with van der Waals surface area (Å²) in [6, 6.07) is 10.1. The minimum Gasteiger partial charge on any atom is -0.341 e. The molecule has 2 aliphatic heterocycles. The Kier molecular flexibility index (Phi) is 6.25. The molecule has 0 spiro atoms. The molecule has 0 radical (unpaired) electrons. The predicted molar refractivity (Wildman–Crippen MR) is 95.5 cm³/mol. The van der Waals surface area contributed by atoms with E-state index < -0.39 is 10.0 Å². The van der Waals surface area contributed by atoms with Gasteiger partial charge < -0.3 is 10.6 Å². The van der Waals surface area contributed by atoms with E-state index in [-0.39, 0.29) is 42.4 Å². The summed E-state index contributed by atoms with van der Waals surface area (Å²) in [6.07, 6.45) is 0.605. The van der Waals surface area contributed by atoms with Gasteiger partial charge in [-0.15, -0.1) is 12.4 Å². The molecule has 0 aromatic heterocycles. The van der Waals surface area contributed by atoms with Gasteiger partial charge in [0.25, 0.3) is 0 Å². The van der Waals surface area contributed by atoms with E-state index >= 15 is 0 Å². The SMILES string of the molecule is Cl.NC[C@@H]1CN(C(=O)CN2CCCS2(=O)=O)C[C@H]1c1ccccc1. The summed E-state index contributed by atoms with van der Waals surface area (Å²) in [7, 11) is -3.24. The molecule has 1 amide bonds. The fourth-order valence-corrected chi connectivity index (χ4v) is 4.98. The van der Waals surface area contributed by atoms with Crippen molar-refractivity contribution in [3.05, 3.63) is 35.9 Å². The molecule has 2 heterocycles. The molecule has 0 saturated carbocycles. The van der Waals surface area contributed by atoms with Crippen LogP contribution >= 0.6 is 12.4 Å². The predicted octanol–water partition coefficient (Wildman–Crippen LogP) is 0.645. The Morgan fingerprint density at radius 3 is 2.50 bits per heavy atom. The summed E-state index contributed by atoms with van der Waals surface area (Å²) in [6.45, 7) is 2.14. The van der Waals surface area contributed by atoms with Crippen molar-refractivity contribution >= 4 is 28.3 Å². The Morgan fingerprint density at radius 2 is 1.92 bits per heavy atom. The summed E-state index contributed by atoms with van der Waals surface area (Å²) >= 11 is 0. The molecule has 1 aromatic rings. The summed E-state index contributed by atoms with van der Waals surface area (Å²) < 4.78 is 25.0. The molecule has 0 bridgehead atoms. The normalized spacial score (nSPS) is 26.3. The van der Waals surface area contributed by atoms with Gasteiger partial charge in [0, 0.05) is 25.6 Å². The second-order valence-electron chi connectivity index (χ2n) is 6.31. The summed E-state index contributed by atoms with van der Waals surface area (Å²) in [5.74, 6) is 0.474. The molecule has 0 aliphatic carbocycles. The van der Waals surface area contributed by atoms with Crippen molar-refractivity contribution in [2.24, 2.45) is 11.7 Å². The zero-order valence-corrected chi connectivity index (χ0v) is 15.1. The van der Waals surface area contributed by atoms with Crippen molar-refractivity contribution in [3.8, 4) is 0 Å².